The number of benzene rings is 1. The summed E-state index contributed by atoms with van der Waals surface area (Å²) in [6.07, 6.45) is 1.54. The minimum atomic E-state index is -3.59. The van der Waals surface area contributed by atoms with Gasteiger partial charge >= 0.3 is 0 Å². The van der Waals surface area contributed by atoms with Gasteiger partial charge in [-0.25, -0.2) is 8.42 Å². The summed E-state index contributed by atoms with van der Waals surface area (Å²) in [5.74, 6) is 0.431. The number of anilines is 1. The molecule has 1 atom stereocenters. The number of sulfonamides is 1. The van der Waals surface area contributed by atoms with E-state index in [9.17, 15) is 8.42 Å². The van der Waals surface area contributed by atoms with Crippen molar-refractivity contribution < 1.29 is 8.42 Å². The first kappa shape index (κ1) is 15.5. The Balaban J connectivity index is 2.19. The first-order valence-corrected chi connectivity index (χ1v) is 8.26. The highest BCUT2D eigenvalue weighted by atomic mass is 32.2. The summed E-state index contributed by atoms with van der Waals surface area (Å²) in [4.78, 5) is 0.233. The van der Waals surface area contributed by atoms with Crippen molar-refractivity contribution in [2.75, 3.05) is 11.3 Å². The summed E-state index contributed by atoms with van der Waals surface area (Å²) in [6.45, 7) is 4.94. The van der Waals surface area contributed by atoms with Gasteiger partial charge in [0.25, 0.3) is 10.0 Å². The van der Waals surface area contributed by atoms with Crippen LogP contribution in [0.1, 0.15) is 25.5 Å². The Hall–Kier alpha value is -1.86. The van der Waals surface area contributed by atoms with Crippen molar-refractivity contribution in [3.05, 3.63) is 42.1 Å². The topological polar surface area (TPSA) is 76.0 Å². The van der Waals surface area contributed by atoms with E-state index in [2.05, 4.69) is 15.1 Å². The van der Waals surface area contributed by atoms with Gasteiger partial charge in [-0.3, -0.25) is 9.40 Å². The van der Waals surface area contributed by atoms with Crippen molar-refractivity contribution in [1.82, 2.24) is 15.1 Å². The van der Waals surface area contributed by atoms with Crippen LogP contribution in [0.5, 0.6) is 0 Å². The lowest BCUT2D eigenvalue weighted by Gasteiger charge is -2.13. The molecular formula is C14H20N4O2S. The third-order valence-electron chi connectivity index (χ3n) is 3.26. The second-order valence-electron chi connectivity index (χ2n) is 4.79. The van der Waals surface area contributed by atoms with Crippen molar-refractivity contribution >= 4 is 15.8 Å². The van der Waals surface area contributed by atoms with Gasteiger partial charge < -0.3 is 5.32 Å². The molecule has 0 radical (unpaired) electrons. The Morgan fingerprint density at radius 3 is 2.43 bits per heavy atom. The quantitative estimate of drug-likeness (QED) is 0.854. The molecule has 1 aromatic carbocycles. The Morgan fingerprint density at radius 1 is 1.24 bits per heavy atom. The fourth-order valence-electron chi connectivity index (χ4n) is 2.03. The summed E-state index contributed by atoms with van der Waals surface area (Å²) in [6, 6.07) is 8.68. The number of nitrogens with zero attached hydrogens (tertiary/aromatic N) is 2. The molecule has 0 saturated carbocycles. The smallest absolute Gasteiger partial charge is 0.263 e. The fraction of sp³-hybridized carbons (Fsp3) is 0.357. The van der Waals surface area contributed by atoms with Crippen LogP contribution in [0.3, 0.4) is 0 Å². The van der Waals surface area contributed by atoms with E-state index in [1.54, 1.807) is 31.4 Å². The highest BCUT2D eigenvalue weighted by Gasteiger charge is 2.16. The van der Waals surface area contributed by atoms with E-state index in [1.807, 2.05) is 26.0 Å². The van der Waals surface area contributed by atoms with Crippen molar-refractivity contribution in [1.29, 1.82) is 0 Å². The molecule has 1 heterocycles. The summed E-state index contributed by atoms with van der Waals surface area (Å²) in [5.41, 5.74) is 1.05. The van der Waals surface area contributed by atoms with Gasteiger partial charge in [-0.05, 0) is 31.2 Å². The van der Waals surface area contributed by atoms with Crippen molar-refractivity contribution in [2.45, 2.75) is 24.8 Å². The molecule has 0 aliphatic heterocycles. The largest absolute Gasteiger partial charge is 0.310 e. The normalized spacial score (nSPS) is 13.1. The fourth-order valence-corrected chi connectivity index (χ4v) is 3.12. The first-order chi connectivity index (χ1) is 9.94. The third kappa shape index (κ3) is 3.62. The summed E-state index contributed by atoms with van der Waals surface area (Å²) in [5, 5.41) is 7.22. The van der Waals surface area contributed by atoms with Gasteiger partial charge in [-0.2, -0.15) is 5.10 Å². The molecule has 2 N–H and O–H groups in total. The molecule has 2 aromatic rings. The van der Waals surface area contributed by atoms with Gasteiger partial charge in [-0.1, -0.05) is 19.1 Å². The Kier molecular flexibility index (Phi) is 4.64. The maximum atomic E-state index is 12.3. The van der Waals surface area contributed by atoms with Crippen molar-refractivity contribution in [2.24, 2.45) is 7.05 Å². The predicted octanol–water partition coefficient (Wildman–Crippen LogP) is 1.89. The number of nitrogens with one attached hydrogen (secondary N) is 2. The zero-order valence-electron chi connectivity index (χ0n) is 12.4. The van der Waals surface area contributed by atoms with Gasteiger partial charge in [0.1, 0.15) is 5.82 Å². The maximum absolute atomic E-state index is 12.3. The number of hydrogen-bond acceptors (Lipinski definition) is 4. The molecule has 21 heavy (non-hydrogen) atoms. The molecule has 0 fully saturated rings. The molecular weight excluding hydrogens is 288 g/mol. The molecule has 114 valence electrons. The van der Waals surface area contributed by atoms with E-state index in [0.717, 1.165) is 12.1 Å². The average Bonchev–Trinajstić information content (AvgIpc) is 2.84. The second kappa shape index (κ2) is 6.28. The molecule has 0 amide bonds. The predicted molar refractivity (Wildman–Crippen MR) is 82.6 cm³/mol. The Bertz CT molecular complexity index is 692. The average molecular weight is 308 g/mol. The van der Waals surface area contributed by atoms with Crippen LogP contribution in [0.4, 0.5) is 5.82 Å². The minimum Gasteiger partial charge on any atom is -0.310 e. The van der Waals surface area contributed by atoms with Gasteiger partial charge in [0.15, 0.2) is 0 Å². The summed E-state index contributed by atoms with van der Waals surface area (Å²) in [7, 11) is -1.91. The van der Waals surface area contributed by atoms with Crippen molar-refractivity contribution in [3.8, 4) is 0 Å². The zero-order chi connectivity index (χ0) is 15.5. The zero-order valence-corrected chi connectivity index (χ0v) is 13.2. The lowest BCUT2D eigenvalue weighted by atomic mass is 10.1. The van der Waals surface area contributed by atoms with Crippen LogP contribution in [0.15, 0.2) is 41.4 Å². The van der Waals surface area contributed by atoms with Gasteiger partial charge in [0.05, 0.1) is 11.1 Å². The summed E-state index contributed by atoms with van der Waals surface area (Å²) >= 11 is 0. The molecule has 0 aliphatic rings. The van der Waals surface area contributed by atoms with Crippen LogP contribution in [0, 0.1) is 0 Å². The molecule has 0 saturated heterocycles. The van der Waals surface area contributed by atoms with Crippen molar-refractivity contribution in [3.63, 3.8) is 0 Å². The maximum Gasteiger partial charge on any atom is 0.263 e. The highest BCUT2D eigenvalue weighted by molar-refractivity contribution is 7.92. The second-order valence-corrected chi connectivity index (χ2v) is 6.48. The molecule has 2 rings (SSSR count). The van der Waals surface area contributed by atoms with E-state index in [0.29, 0.717) is 5.82 Å². The van der Waals surface area contributed by atoms with Crippen LogP contribution in [0.2, 0.25) is 0 Å². The highest BCUT2D eigenvalue weighted by Crippen LogP contribution is 2.18. The van der Waals surface area contributed by atoms with E-state index in [4.69, 9.17) is 0 Å². The third-order valence-corrected chi connectivity index (χ3v) is 4.63. The lowest BCUT2D eigenvalue weighted by Crippen LogP contribution is -2.18. The standard InChI is InChI=1S/C14H20N4O2S/c1-4-15-11(2)12-5-7-13(8-6-12)21(19,20)17-14-9-10-16-18(14)3/h5-11,15,17H,4H2,1-3H3. The molecule has 7 heteroatoms. The van der Waals surface area contributed by atoms with E-state index < -0.39 is 10.0 Å². The number of rotatable bonds is 6. The van der Waals surface area contributed by atoms with E-state index in [-0.39, 0.29) is 10.9 Å². The molecule has 0 bridgehead atoms. The van der Waals surface area contributed by atoms with Crippen LogP contribution in [-0.2, 0) is 17.1 Å². The van der Waals surface area contributed by atoms with E-state index >= 15 is 0 Å². The first-order valence-electron chi connectivity index (χ1n) is 6.78. The van der Waals surface area contributed by atoms with Gasteiger partial charge in [0.2, 0.25) is 0 Å². The molecule has 1 aromatic heterocycles. The van der Waals surface area contributed by atoms with Crippen LogP contribution in [0.25, 0.3) is 0 Å². The molecule has 1 unspecified atom stereocenters. The van der Waals surface area contributed by atoms with E-state index in [1.165, 1.54) is 4.68 Å². The van der Waals surface area contributed by atoms with Gasteiger partial charge in [-0.15, -0.1) is 0 Å². The molecule has 0 spiro atoms. The number of aromatic nitrogens is 2. The molecule has 6 nitrogen and oxygen atoms in total. The number of aryl methyl sites for hydroxylation is 1. The summed E-state index contributed by atoms with van der Waals surface area (Å²) < 4.78 is 28.6. The van der Waals surface area contributed by atoms with Crippen LogP contribution in [-0.4, -0.2) is 24.7 Å². The van der Waals surface area contributed by atoms with Gasteiger partial charge in [0, 0.05) is 19.2 Å². The van der Waals surface area contributed by atoms with Crippen LogP contribution < -0.4 is 10.0 Å². The minimum absolute atomic E-state index is 0.191. The molecule has 0 aliphatic carbocycles. The SMILES string of the molecule is CCNC(C)c1ccc(S(=O)(=O)Nc2ccnn2C)cc1. The monoisotopic (exact) mass is 308 g/mol. The lowest BCUT2D eigenvalue weighted by molar-refractivity contribution is 0.594. The number of hydrogen-bond donors (Lipinski definition) is 2. The van der Waals surface area contributed by atoms with Crippen LogP contribution >= 0.6 is 0 Å². The Morgan fingerprint density at radius 2 is 1.90 bits per heavy atom. The Labute approximate surface area is 125 Å².